The van der Waals surface area contributed by atoms with Crippen molar-refractivity contribution < 1.29 is 9.90 Å². The molecule has 1 saturated heterocycles. The minimum absolute atomic E-state index is 0.238. The first-order valence-electron chi connectivity index (χ1n) is 8.38. The highest BCUT2D eigenvalue weighted by Gasteiger charge is 2.31. The van der Waals surface area contributed by atoms with Gasteiger partial charge in [0.15, 0.2) is 0 Å². The van der Waals surface area contributed by atoms with Crippen LogP contribution in [0.15, 0.2) is 42.0 Å². The highest BCUT2D eigenvalue weighted by Crippen LogP contribution is 2.36. The summed E-state index contributed by atoms with van der Waals surface area (Å²) in [6.07, 6.45) is 6.99. The Morgan fingerprint density at radius 1 is 1.14 bits per heavy atom. The van der Waals surface area contributed by atoms with Crippen LogP contribution in [0, 0.1) is 11.8 Å². The lowest BCUT2D eigenvalue weighted by molar-refractivity contribution is -0.131. The van der Waals surface area contributed by atoms with Gasteiger partial charge in [-0.3, -0.25) is 4.79 Å². The molecule has 1 aromatic carbocycles. The molecular weight excluding hydrogens is 274 g/mol. The van der Waals surface area contributed by atoms with Gasteiger partial charge in [0.1, 0.15) is 0 Å². The number of allylic oxidation sites excluding steroid dienone is 1. The van der Waals surface area contributed by atoms with Crippen LogP contribution in [0.25, 0.3) is 0 Å². The minimum atomic E-state index is 0.238. The summed E-state index contributed by atoms with van der Waals surface area (Å²) in [6, 6.07) is 10.3. The molecule has 0 spiro atoms. The summed E-state index contributed by atoms with van der Waals surface area (Å²) in [5.74, 6) is 1.38. The van der Waals surface area contributed by atoms with E-state index < -0.39 is 0 Å². The molecule has 0 aromatic heterocycles. The molecule has 2 aliphatic rings. The minimum Gasteiger partial charge on any atom is -0.396 e. The summed E-state index contributed by atoms with van der Waals surface area (Å²) < 4.78 is 0. The third-order valence-corrected chi connectivity index (χ3v) is 5.04. The van der Waals surface area contributed by atoms with Gasteiger partial charge in [0.25, 0.3) is 0 Å². The number of carbonyl (C=O) groups excluding carboxylic acids is 1. The van der Waals surface area contributed by atoms with E-state index in [-0.39, 0.29) is 12.5 Å². The van der Waals surface area contributed by atoms with Crippen LogP contribution < -0.4 is 0 Å². The second-order valence-electron chi connectivity index (χ2n) is 6.56. The molecule has 1 amide bonds. The molecule has 3 nitrogen and oxygen atoms in total. The van der Waals surface area contributed by atoms with Crippen LogP contribution >= 0.6 is 0 Å². The van der Waals surface area contributed by atoms with Crippen molar-refractivity contribution in [1.82, 2.24) is 4.90 Å². The van der Waals surface area contributed by atoms with Gasteiger partial charge < -0.3 is 10.0 Å². The first-order chi connectivity index (χ1) is 10.8. The van der Waals surface area contributed by atoms with Crippen molar-refractivity contribution >= 4 is 5.91 Å². The van der Waals surface area contributed by atoms with Crippen molar-refractivity contribution in [1.29, 1.82) is 0 Å². The maximum Gasteiger partial charge on any atom is 0.222 e. The molecule has 22 heavy (non-hydrogen) atoms. The van der Waals surface area contributed by atoms with Crippen LogP contribution in [0.3, 0.4) is 0 Å². The Bertz CT molecular complexity index is 538. The Labute approximate surface area is 132 Å². The zero-order chi connectivity index (χ0) is 15.4. The second-order valence-corrected chi connectivity index (χ2v) is 6.56. The third kappa shape index (κ3) is 3.58. The summed E-state index contributed by atoms with van der Waals surface area (Å²) >= 11 is 0. The van der Waals surface area contributed by atoms with Gasteiger partial charge in [0.2, 0.25) is 5.91 Å². The number of carbonyl (C=O) groups is 1. The Morgan fingerprint density at radius 2 is 1.95 bits per heavy atom. The van der Waals surface area contributed by atoms with Crippen molar-refractivity contribution in [3.8, 4) is 0 Å². The van der Waals surface area contributed by atoms with Gasteiger partial charge in [-0.15, -0.1) is 0 Å². The van der Waals surface area contributed by atoms with Crippen LogP contribution in [0.2, 0.25) is 0 Å². The van der Waals surface area contributed by atoms with Crippen LogP contribution in [-0.2, 0) is 11.3 Å². The van der Waals surface area contributed by atoms with E-state index in [9.17, 15) is 4.79 Å². The molecule has 1 N–H and O–H groups in total. The fourth-order valence-electron chi connectivity index (χ4n) is 3.79. The van der Waals surface area contributed by atoms with Crippen molar-refractivity contribution in [3.63, 3.8) is 0 Å². The molecule has 0 saturated carbocycles. The zero-order valence-corrected chi connectivity index (χ0v) is 13.1. The van der Waals surface area contributed by atoms with E-state index in [4.69, 9.17) is 5.11 Å². The molecular formula is C19H25NO2. The number of benzene rings is 1. The lowest BCUT2D eigenvalue weighted by atomic mass is 9.78. The maximum atomic E-state index is 12.4. The molecule has 0 radical (unpaired) electrons. The van der Waals surface area contributed by atoms with Crippen molar-refractivity contribution in [3.05, 3.63) is 47.5 Å². The Kier molecular flexibility index (Phi) is 4.94. The first kappa shape index (κ1) is 15.3. The van der Waals surface area contributed by atoms with Gasteiger partial charge in [-0.05, 0) is 43.1 Å². The van der Waals surface area contributed by atoms with E-state index in [0.29, 0.717) is 18.3 Å². The fourth-order valence-corrected chi connectivity index (χ4v) is 3.79. The van der Waals surface area contributed by atoms with Gasteiger partial charge in [0, 0.05) is 26.1 Å². The molecule has 1 heterocycles. The van der Waals surface area contributed by atoms with Crippen molar-refractivity contribution in [2.24, 2.45) is 11.8 Å². The number of hydrogen-bond acceptors (Lipinski definition) is 2. The summed E-state index contributed by atoms with van der Waals surface area (Å²) in [5.41, 5.74) is 2.59. The van der Waals surface area contributed by atoms with E-state index in [1.807, 2.05) is 23.1 Å². The van der Waals surface area contributed by atoms with E-state index >= 15 is 0 Å². The molecule has 1 aliphatic heterocycles. The lowest BCUT2D eigenvalue weighted by Crippen LogP contribution is -2.34. The zero-order valence-electron chi connectivity index (χ0n) is 13.1. The van der Waals surface area contributed by atoms with E-state index in [1.165, 1.54) is 11.1 Å². The Balaban J connectivity index is 1.70. The highest BCUT2D eigenvalue weighted by atomic mass is 16.3. The third-order valence-electron chi connectivity index (χ3n) is 5.04. The molecule has 2 atom stereocenters. The number of likely N-dealkylation sites (tertiary alicyclic amines) is 1. The SMILES string of the molecule is O=C1CCC2C=C(CCO)CCC2CN1Cc1ccccc1. The number of hydrogen-bond donors (Lipinski definition) is 1. The van der Waals surface area contributed by atoms with Crippen molar-refractivity contribution in [2.75, 3.05) is 13.2 Å². The Hall–Kier alpha value is -1.61. The summed E-state index contributed by atoms with van der Waals surface area (Å²) in [5, 5.41) is 9.12. The number of aliphatic hydroxyl groups is 1. The average molecular weight is 299 g/mol. The molecule has 2 unspecified atom stereocenters. The van der Waals surface area contributed by atoms with E-state index in [2.05, 4.69) is 18.2 Å². The number of aliphatic hydroxyl groups excluding tert-OH is 1. The van der Waals surface area contributed by atoms with Crippen LogP contribution in [0.4, 0.5) is 0 Å². The van der Waals surface area contributed by atoms with Crippen LogP contribution in [-0.4, -0.2) is 29.1 Å². The van der Waals surface area contributed by atoms with Gasteiger partial charge in [-0.1, -0.05) is 42.0 Å². The first-order valence-corrected chi connectivity index (χ1v) is 8.38. The molecule has 0 bridgehead atoms. The number of rotatable bonds is 4. The number of nitrogens with zero attached hydrogens (tertiary/aromatic N) is 1. The standard InChI is InChI=1S/C19H25NO2/c21-11-10-15-6-7-18-14-20(13-16-4-2-1-3-5-16)19(22)9-8-17(18)12-15/h1-5,12,17-18,21H,6-11,13-14H2. The predicted octanol–water partition coefficient (Wildman–Crippen LogP) is 3.14. The maximum absolute atomic E-state index is 12.4. The molecule has 3 heteroatoms. The smallest absolute Gasteiger partial charge is 0.222 e. The molecule has 1 aliphatic carbocycles. The summed E-state index contributed by atoms with van der Waals surface area (Å²) in [6.45, 7) is 1.85. The Morgan fingerprint density at radius 3 is 2.73 bits per heavy atom. The van der Waals surface area contributed by atoms with Crippen LogP contribution in [0.5, 0.6) is 0 Å². The summed E-state index contributed by atoms with van der Waals surface area (Å²) in [7, 11) is 0. The monoisotopic (exact) mass is 299 g/mol. The fraction of sp³-hybridized carbons (Fsp3) is 0.526. The lowest BCUT2D eigenvalue weighted by Gasteiger charge is -2.31. The van der Waals surface area contributed by atoms with Gasteiger partial charge >= 0.3 is 0 Å². The van der Waals surface area contributed by atoms with Gasteiger partial charge in [-0.25, -0.2) is 0 Å². The summed E-state index contributed by atoms with van der Waals surface area (Å²) in [4.78, 5) is 14.5. The quantitative estimate of drug-likeness (QED) is 0.868. The molecule has 1 fully saturated rings. The molecule has 1 aromatic rings. The van der Waals surface area contributed by atoms with Crippen molar-refractivity contribution in [2.45, 2.75) is 38.6 Å². The number of fused-ring (bicyclic) bond motifs is 1. The van der Waals surface area contributed by atoms with E-state index in [0.717, 1.165) is 38.8 Å². The largest absolute Gasteiger partial charge is 0.396 e. The van der Waals surface area contributed by atoms with Crippen LogP contribution in [0.1, 0.15) is 37.7 Å². The average Bonchev–Trinajstić information content (AvgIpc) is 2.69. The number of amides is 1. The molecule has 3 rings (SSSR count). The van der Waals surface area contributed by atoms with Gasteiger partial charge in [-0.2, -0.15) is 0 Å². The second kappa shape index (κ2) is 7.10. The normalized spacial score (nSPS) is 25.4. The highest BCUT2D eigenvalue weighted by molar-refractivity contribution is 5.76. The van der Waals surface area contributed by atoms with E-state index in [1.54, 1.807) is 0 Å². The predicted molar refractivity (Wildman–Crippen MR) is 87.1 cm³/mol. The topological polar surface area (TPSA) is 40.5 Å². The van der Waals surface area contributed by atoms with Gasteiger partial charge in [0.05, 0.1) is 0 Å². The molecule has 118 valence electrons.